The second-order valence-corrected chi connectivity index (χ2v) is 12.5. The van der Waals surface area contributed by atoms with Crippen LogP contribution >= 0.6 is 0 Å². The standard InChI is InChI=1S/C30H31F2N5O4S/c1-18-29(36(2)35-34-18)22-14-23-28(33-15-22)27-24(41-17-26(31)32)7-8-25(42(3,38)39)30(27)37(23)16-19-5-4-6-21(13-19)20-9-11-40-12-10-20/h4-8,13-15,20,26H,9-12,16-17H2,1-3H3/i1D3. The molecule has 9 nitrogen and oxygen atoms in total. The van der Waals surface area contributed by atoms with Crippen LogP contribution < -0.4 is 4.74 Å². The highest BCUT2D eigenvalue weighted by atomic mass is 32.2. The fraction of sp³-hybridized carbons (Fsp3) is 0.367. The number of alkyl halides is 2. The molecule has 1 aliphatic heterocycles. The van der Waals surface area contributed by atoms with E-state index in [0.29, 0.717) is 35.7 Å². The largest absolute Gasteiger partial charge is 0.487 e. The van der Waals surface area contributed by atoms with Gasteiger partial charge in [-0.15, -0.1) is 5.10 Å². The molecule has 0 spiro atoms. The number of pyridine rings is 1. The van der Waals surface area contributed by atoms with Gasteiger partial charge in [0.15, 0.2) is 9.84 Å². The lowest BCUT2D eigenvalue weighted by atomic mass is 9.91. The van der Waals surface area contributed by atoms with Crippen LogP contribution in [0.2, 0.25) is 0 Å². The summed E-state index contributed by atoms with van der Waals surface area (Å²) in [5.74, 6) is 0.379. The summed E-state index contributed by atoms with van der Waals surface area (Å²) < 4.78 is 90.8. The van der Waals surface area contributed by atoms with E-state index in [9.17, 15) is 17.2 Å². The third-order valence-electron chi connectivity index (χ3n) is 7.62. The Morgan fingerprint density at radius 1 is 1.19 bits per heavy atom. The minimum Gasteiger partial charge on any atom is -0.487 e. The Morgan fingerprint density at radius 2 is 2.00 bits per heavy atom. The summed E-state index contributed by atoms with van der Waals surface area (Å²) in [4.78, 5) is 4.62. The van der Waals surface area contributed by atoms with Gasteiger partial charge in [0.2, 0.25) is 0 Å². The maximum atomic E-state index is 13.3. The van der Waals surface area contributed by atoms with Gasteiger partial charge < -0.3 is 14.0 Å². The topological polar surface area (TPSA) is 101 Å². The number of hydrogen-bond acceptors (Lipinski definition) is 7. The van der Waals surface area contributed by atoms with Gasteiger partial charge >= 0.3 is 0 Å². The lowest BCUT2D eigenvalue weighted by Crippen LogP contribution is -2.14. The van der Waals surface area contributed by atoms with Crippen molar-refractivity contribution in [3.63, 3.8) is 0 Å². The van der Waals surface area contributed by atoms with Crippen LogP contribution in [0.1, 0.15) is 39.7 Å². The third-order valence-corrected chi connectivity index (χ3v) is 8.75. The van der Waals surface area contributed by atoms with E-state index in [1.54, 1.807) is 17.7 Å². The van der Waals surface area contributed by atoms with Crippen molar-refractivity contribution < 1.29 is 30.8 Å². The predicted molar refractivity (Wildman–Crippen MR) is 155 cm³/mol. The number of aryl methyl sites for hydroxylation is 2. The normalized spacial score (nSPS) is 16.2. The SMILES string of the molecule is [2H]C([2H])([2H])c1nnn(C)c1-c1cnc2c3c(OCC(F)F)ccc(S(C)(=O)=O)c3n(Cc3cccc(C4CCOCC4)c3)c2c1. The average molecular weight is 599 g/mol. The van der Waals surface area contributed by atoms with Gasteiger partial charge in [-0.1, -0.05) is 29.5 Å². The van der Waals surface area contributed by atoms with Crippen LogP contribution in [-0.2, 0) is 28.2 Å². The Hall–Kier alpha value is -3.90. The molecule has 0 saturated carbocycles. The number of fused-ring (bicyclic) bond motifs is 3. The zero-order valence-electron chi connectivity index (χ0n) is 26.0. The van der Waals surface area contributed by atoms with E-state index in [2.05, 4.69) is 27.4 Å². The predicted octanol–water partition coefficient (Wildman–Crippen LogP) is 5.28. The highest BCUT2D eigenvalue weighted by molar-refractivity contribution is 7.91. The molecule has 0 bridgehead atoms. The molecule has 0 aliphatic carbocycles. The highest BCUT2D eigenvalue weighted by Gasteiger charge is 2.26. The molecule has 220 valence electrons. The Balaban J connectivity index is 1.63. The van der Waals surface area contributed by atoms with Crippen LogP contribution in [0.3, 0.4) is 0 Å². The zero-order chi connectivity index (χ0) is 32.1. The van der Waals surface area contributed by atoms with Crippen LogP contribution in [0.5, 0.6) is 5.75 Å². The van der Waals surface area contributed by atoms with Crippen molar-refractivity contribution in [1.29, 1.82) is 0 Å². The number of benzene rings is 2. The van der Waals surface area contributed by atoms with Crippen molar-refractivity contribution in [2.75, 3.05) is 26.1 Å². The van der Waals surface area contributed by atoms with Gasteiger partial charge in [-0.2, -0.15) is 0 Å². The zero-order valence-corrected chi connectivity index (χ0v) is 23.9. The molecular weight excluding hydrogens is 564 g/mol. The van der Waals surface area contributed by atoms with Crippen molar-refractivity contribution >= 4 is 31.8 Å². The van der Waals surface area contributed by atoms with Gasteiger partial charge in [0.05, 0.1) is 38.2 Å². The van der Waals surface area contributed by atoms with Crippen molar-refractivity contribution in [2.45, 2.75) is 43.5 Å². The van der Waals surface area contributed by atoms with Crippen molar-refractivity contribution in [1.82, 2.24) is 24.5 Å². The van der Waals surface area contributed by atoms with Crippen molar-refractivity contribution in [3.8, 4) is 17.0 Å². The van der Waals surface area contributed by atoms with E-state index >= 15 is 0 Å². The van der Waals surface area contributed by atoms with E-state index in [1.807, 2.05) is 12.1 Å². The first-order valence-electron chi connectivity index (χ1n) is 15.0. The first kappa shape index (κ1) is 24.7. The lowest BCUT2D eigenvalue weighted by molar-refractivity contribution is 0.0826. The number of aromatic nitrogens is 5. The average Bonchev–Trinajstić information content (AvgIpc) is 3.54. The Kier molecular flexibility index (Phi) is 6.50. The van der Waals surface area contributed by atoms with E-state index in [-0.39, 0.29) is 39.5 Å². The minimum absolute atomic E-state index is 0.0209. The summed E-state index contributed by atoms with van der Waals surface area (Å²) in [5.41, 5.74) is 3.44. The third kappa shape index (κ3) is 5.24. The molecular formula is C30H31F2N5O4S. The number of ether oxygens (including phenoxy) is 2. The molecule has 1 fully saturated rings. The fourth-order valence-electron chi connectivity index (χ4n) is 5.73. The molecule has 3 aromatic heterocycles. The summed E-state index contributed by atoms with van der Waals surface area (Å²) >= 11 is 0. The molecule has 6 rings (SSSR count). The molecule has 2 aromatic carbocycles. The van der Waals surface area contributed by atoms with E-state index in [1.165, 1.54) is 23.0 Å². The molecule has 1 saturated heterocycles. The van der Waals surface area contributed by atoms with Crippen LogP contribution in [0, 0.1) is 6.85 Å². The van der Waals surface area contributed by atoms with E-state index in [4.69, 9.17) is 13.6 Å². The monoisotopic (exact) mass is 598 g/mol. The van der Waals surface area contributed by atoms with Gasteiger partial charge in [0.25, 0.3) is 6.43 Å². The fourth-order valence-corrected chi connectivity index (χ4v) is 6.61. The Morgan fingerprint density at radius 3 is 2.74 bits per heavy atom. The van der Waals surface area contributed by atoms with Crippen molar-refractivity contribution in [3.05, 3.63) is 65.5 Å². The quantitative estimate of drug-likeness (QED) is 0.239. The second kappa shape index (κ2) is 11.1. The number of hydrogen-bond donors (Lipinski definition) is 0. The van der Waals surface area contributed by atoms with Gasteiger partial charge in [-0.25, -0.2) is 21.9 Å². The second-order valence-electron chi connectivity index (χ2n) is 10.5. The Labute approximate surface area is 246 Å². The first-order chi connectivity index (χ1) is 21.3. The van der Waals surface area contributed by atoms with Crippen LogP contribution in [0.4, 0.5) is 8.78 Å². The maximum Gasteiger partial charge on any atom is 0.272 e. The van der Waals surface area contributed by atoms with Crippen LogP contribution in [-0.4, -0.2) is 65.5 Å². The van der Waals surface area contributed by atoms with E-state index < -0.39 is 29.7 Å². The van der Waals surface area contributed by atoms with Gasteiger partial charge in [-0.05, 0) is 54.9 Å². The maximum absolute atomic E-state index is 13.3. The molecule has 0 radical (unpaired) electrons. The summed E-state index contributed by atoms with van der Waals surface area (Å²) in [6.07, 6.45) is 1.54. The number of rotatable bonds is 8. The van der Waals surface area contributed by atoms with Crippen molar-refractivity contribution in [2.24, 2.45) is 7.05 Å². The summed E-state index contributed by atoms with van der Waals surface area (Å²) in [6.45, 7) is -1.89. The Bertz CT molecular complexity index is 2000. The number of halogens is 2. The molecule has 42 heavy (non-hydrogen) atoms. The smallest absolute Gasteiger partial charge is 0.272 e. The summed E-state index contributed by atoms with van der Waals surface area (Å²) in [6, 6.07) is 12.5. The molecule has 0 amide bonds. The summed E-state index contributed by atoms with van der Waals surface area (Å²) in [7, 11) is -2.25. The molecule has 1 aliphatic rings. The summed E-state index contributed by atoms with van der Waals surface area (Å²) in [5, 5.41) is 8.05. The molecule has 0 unspecified atom stereocenters. The first-order valence-corrected chi connectivity index (χ1v) is 15.3. The van der Waals surface area contributed by atoms with Gasteiger partial charge in [0, 0.05) is 48.9 Å². The van der Waals surface area contributed by atoms with E-state index in [0.717, 1.165) is 30.2 Å². The van der Waals surface area contributed by atoms with Crippen LogP contribution in [0.25, 0.3) is 33.2 Å². The molecule has 0 atom stereocenters. The molecule has 0 N–H and O–H groups in total. The number of nitrogens with zero attached hydrogens (tertiary/aromatic N) is 5. The lowest BCUT2D eigenvalue weighted by Gasteiger charge is -2.23. The molecule has 12 heteroatoms. The molecule has 4 heterocycles. The van der Waals surface area contributed by atoms with Gasteiger partial charge in [0.1, 0.15) is 12.4 Å². The highest BCUT2D eigenvalue weighted by Crippen LogP contribution is 2.40. The number of sulfone groups is 1. The van der Waals surface area contributed by atoms with Crippen LogP contribution in [0.15, 0.2) is 53.6 Å². The molecule has 5 aromatic rings. The van der Waals surface area contributed by atoms with Gasteiger partial charge in [-0.3, -0.25) is 4.98 Å². The minimum atomic E-state index is -3.82.